The molecule has 0 aromatic heterocycles. The second-order valence-corrected chi connectivity index (χ2v) is 8.62. The van der Waals surface area contributed by atoms with Gasteiger partial charge in [0.05, 0.1) is 28.3 Å². The van der Waals surface area contributed by atoms with Crippen molar-refractivity contribution >= 4 is 40.7 Å². The van der Waals surface area contributed by atoms with Crippen molar-refractivity contribution in [3.63, 3.8) is 0 Å². The number of aliphatic hydroxyl groups is 1. The summed E-state index contributed by atoms with van der Waals surface area (Å²) in [6, 6.07) is 8.27. The molecule has 1 saturated heterocycles. The van der Waals surface area contributed by atoms with E-state index in [4.69, 9.17) is 27.9 Å². The minimum atomic E-state index is -0.871. The molecule has 1 unspecified atom stereocenters. The van der Waals surface area contributed by atoms with E-state index in [0.29, 0.717) is 23.7 Å². The topological polar surface area (TPSA) is 90.3 Å². The van der Waals surface area contributed by atoms with Crippen molar-refractivity contribution in [3.05, 3.63) is 63.1 Å². The van der Waals surface area contributed by atoms with Gasteiger partial charge >= 0.3 is 0 Å². The molecule has 3 rings (SSSR count). The van der Waals surface area contributed by atoms with Crippen LogP contribution in [0.15, 0.2) is 42.0 Å². The van der Waals surface area contributed by atoms with E-state index in [1.54, 1.807) is 19.1 Å². The smallest absolute Gasteiger partial charge is 0.295 e. The van der Waals surface area contributed by atoms with Gasteiger partial charge in [-0.1, -0.05) is 43.1 Å². The molecule has 0 radical (unpaired) electrons. The number of ketones is 1. The van der Waals surface area contributed by atoms with Crippen LogP contribution >= 0.6 is 23.2 Å². The molecular formula is C25H28Cl2N2O5. The molecule has 34 heavy (non-hydrogen) atoms. The van der Waals surface area contributed by atoms with Crippen LogP contribution in [0.25, 0.3) is 5.76 Å². The molecule has 7 nitrogen and oxygen atoms in total. The lowest BCUT2D eigenvalue weighted by Crippen LogP contribution is -2.38. The Bertz CT molecular complexity index is 1110. The molecule has 1 amide bonds. The van der Waals surface area contributed by atoms with Crippen molar-refractivity contribution in [2.45, 2.75) is 26.8 Å². The number of aromatic hydroxyl groups is 1. The highest BCUT2D eigenvalue weighted by Gasteiger charge is 2.46. The summed E-state index contributed by atoms with van der Waals surface area (Å²) in [5, 5.41) is 21.8. The number of carbonyl (C=O) groups is 2. The quantitative estimate of drug-likeness (QED) is 0.286. The van der Waals surface area contributed by atoms with Gasteiger partial charge in [0.1, 0.15) is 5.76 Å². The zero-order chi connectivity index (χ0) is 25.0. The SMILES string of the molecule is CCOc1cc(C2/C(=C(/O)c3ccc(Cl)c(Cl)c3)C(=O)C(=O)N2CCN(CC)CC)ccc1O. The Hall–Kier alpha value is -2.74. The van der Waals surface area contributed by atoms with Gasteiger partial charge in [-0.05, 0) is 55.9 Å². The van der Waals surface area contributed by atoms with E-state index in [-0.39, 0.29) is 40.0 Å². The fourth-order valence-electron chi connectivity index (χ4n) is 4.02. The largest absolute Gasteiger partial charge is 0.507 e. The number of phenolic OH excluding ortho intramolecular Hbond substituents is 1. The van der Waals surface area contributed by atoms with Gasteiger partial charge in [0.25, 0.3) is 11.7 Å². The minimum absolute atomic E-state index is 0.0592. The van der Waals surface area contributed by atoms with Crippen LogP contribution in [0.1, 0.15) is 37.9 Å². The lowest BCUT2D eigenvalue weighted by molar-refractivity contribution is -0.140. The molecule has 2 aromatic rings. The number of hydrogen-bond donors (Lipinski definition) is 2. The Morgan fingerprint density at radius 1 is 1.06 bits per heavy atom. The summed E-state index contributed by atoms with van der Waals surface area (Å²) < 4.78 is 5.51. The molecule has 2 N–H and O–H groups in total. The van der Waals surface area contributed by atoms with Crippen molar-refractivity contribution in [1.82, 2.24) is 9.80 Å². The molecule has 9 heteroatoms. The second-order valence-electron chi connectivity index (χ2n) is 7.81. The van der Waals surface area contributed by atoms with Crippen molar-refractivity contribution in [2.75, 3.05) is 32.8 Å². The van der Waals surface area contributed by atoms with Gasteiger partial charge in [-0.15, -0.1) is 0 Å². The van der Waals surface area contributed by atoms with Crippen molar-refractivity contribution < 1.29 is 24.5 Å². The maximum Gasteiger partial charge on any atom is 0.295 e. The number of benzene rings is 2. The number of carbonyl (C=O) groups excluding carboxylic acids is 2. The van der Waals surface area contributed by atoms with Crippen LogP contribution in [-0.2, 0) is 9.59 Å². The normalized spacial score (nSPS) is 17.6. The van der Waals surface area contributed by atoms with E-state index in [9.17, 15) is 19.8 Å². The molecule has 0 spiro atoms. The van der Waals surface area contributed by atoms with Crippen molar-refractivity contribution in [3.8, 4) is 11.5 Å². The number of aliphatic hydroxyl groups excluding tert-OH is 1. The zero-order valence-electron chi connectivity index (χ0n) is 19.3. The average molecular weight is 507 g/mol. The van der Waals surface area contributed by atoms with Gasteiger partial charge in [0.2, 0.25) is 0 Å². The van der Waals surface area contributed by atoms with Gasteiger partial charge in [-0.25, -0.2) is 0 Å². The average Bonchev–Trinajstić information content (AvgIpc) is 3.07. The summed E-state index contributed by atoms with van der Waals surface area (Å²) in [6.45, 7) is 8.57. The molecule has 1 aliphatic rings. The highest BCUT2D eigenvalue weighted by molar-refractivity contribution is 6.46. The lowest BCUT2D eigenvalue weighted by Gasteiger charge is -2.28. The summed E-state index contributed by atoms with van der Waals surface area (Å²) >= 11 is 12.1. The third kappa shape index (κ3) is 5.17. The number of amides is 1. The van der Waals surface area contributed by atoms with E-state index >= 15 is 0 Å². The van der Waals surface area contributed by atoms with Crippen LogP contribution in [-0.4, -0.2) is 64.5 Å². The number of likely N-dealkylation sites (N-methyl/N-ethyl adjacent to an activating group) is 1. The number of ether oxygens (including phenoxy) is 1. The second kappa shape index (κ2) is 11.1. The first-order chi connectivity index (χ1) is 16.2. The van der Waals surface area contributed by atoms with E-state index in [2.05, 4.69) is 4.90 Å². The van der Waals surface area contributed by atoms with Gasteiger partial charge in [-0.2, -0.15) is 0 Å². The number of likely N-dealkylation sites (tertiary alicyclic amines) is 1. The van der Waals surface area contributed by atoms with Crippen molar-refractivity contribution in [1.29, 1.82) is 0 Å². The highest BCUT2D eigenvalue weighted by Crippen LogP contribution is 2.42. The zero-order valence-corrected chi connectivity index (χ0v) is 20.9. The number of Topliss-reactive ketones (excluding diaryl/α,β-unsaturated/α-hetero) is 1. The van der Waals surface area contributed by atoms with Gasteiger partial charge in [0.15, 0.2) is 11.5 Å². The number of rotatable bonds is 9. The molecule has 0 aliphatic carbocycles. The van der Waals surface area contributed by atoms with Crippen LogP contribution in [0.5, 0.6) is 11.5 Å². The first-order valence-electron chi connectivity index (χ1n) is 11.1. The Labute approximate surface area is 209 Å². The summed E-state index contributed by atoms with van der Waals surface area (Å²) in [6.07, 6.45) is 0. The summed E-state index contributed by atoms with van der Waals surface area (Å²) in [7, 11) is 0. The summed E-state index contributed by atoms with van der Waals surface area (Å²) in [4.78, 5) is 29.9. The molecule has 2 aromatic carbocycles. The fourth-order valence-corrected chi connectivity index (χ4v) is 4.32. The Kier molecular flexibility index (Phi) is 8.47. The van der Waals surface area contributed by atoms with E-state index < -0.39 is 17.7 Å². The molecule has 1 atom stereocenters. The first-order valence-corrected chi connectivity index (χ1v) is 11.9. The monoisotopic (exact) mass is 506 g/mol. The van der Waals surface area contributed by atoms with Crippen LogP contribution < -0.4 is 4.74 Å². The van der Waals surface area contributed by atoms with Gasteiger partial charge in [0, 0.05) is 18.7 Å². The summed E-state index contributed by atoms with van der Waals surface area (Å²) in [5.74, 6) is -1.68. The number of nitrogens with zero attached hydrogens (tertiary/aromatic N) is 2. The predicted octanol–water partition coefficient (Wildman–Crippen LogP) is 4.86. The molecule has 0 saturated carbocycles. The predicted molar refractivity (Wildman–Crippen MR) is 133 cm³/mol. The highest BCUT2D eigenvalue weighted by atomic mass is 35.5. The molecular weight excluding hydrogens is 479 g/mol. The lowest BCUT2D eigenvalue weighted by atomic mass is 9.95. The number of phenols is 1. The van der Waals surface area contributed by atoms with E-state index in [1.807, 2.05) is 13.8 Å². The standard InChI is InChI=1S/C25H28Cl2N2O5/c1-4-28(5-2)11-12-29-22(15-8-10-19(30)20(14-15)34-6-3)21(24(32)25(29)33)23(31)16-7-9-17(26)18(27)13-16/h7-10,13-14,22,30-31H,4-6,11-12H2,1-3H3/b23-21-. The van der Waals surface area contributed by atoms with Gasteiger partial charge in [-0.3, -0.25) is 9.59 Å². The first kappa shape index (κ1) is 25.9. The maximum atomic E-state index is 13.2. The molecule has 1 fully saturated rings. The maximum absolute atomic E-state index is 13.2. The van der Waals surface area contributed by atoms with Crippen LogP contribution in [0.2, 0.25) is 10.0 Å². The molecule has 182 valence electrons. The van der Waals surface area contributed by atoms with Crippen LogP contribution in [0.4, 0.5) is 0 Å². The van der Waals surface area contributed by atoms with E-state index in [1.165, 1.54) is 29.2 Å². The molecule has 0 bridgehead atoms. The fraction of sp³-hybridized carbons (Fsp3) is 0.360. The van der Waals surface area contributed by atoms with E-state index in [0.717, 1.165) is 13.1 Å². The Morgan fingerprint density at radius 3 is 2.38 bits per heavy atom. The third-order valence-electron chi connectivity index (χ3n) is 5.88. The summed E-state index contributed by atoms with van der Waals surface area (Å²) in [5.41, 5.74) is 0.739. The molecule has 1 heterocycles. The minimum Gasteiger partial charge on any atom is -0.507 e. The number of hydrogen-bond acceptors (Lipinski definition) is 6. The van der Waals surface area contributed by atoms with Crippen LogP contribution in [0, 0.1) is 0 Å². The molecule has 1 aliphatic heterocycles. The van der Waals surface area contributed by atoms with Crippen molar-refractivity contribution in [2.24, 2.45) is 0 Å². The Balaban J connectivity index is 2.16. The Morgan fingerprint density at radius 2 is 1.76 bits per heavy atom. The number of halogens is 2. The third-order valence-corrected chi connectivity index (χ3v) is 6.62. The van der Waals surface area contributed by atoms with Crippen LogP contribution in [0.3, 0.4) is 0 Å². The van der Waals surface area contributed by atoms with Gasteiger partial charge < -0.3 is 24.7 Å².